The van der Waals surface area contributed by atoms with E-state index in [1.807, 2.05) is 0 Å². The van der Waals surface area contributed by atoms with E-state index in [4.69, 9.17) is 0 Å². The van der Waals surface area contributed by atoms with Gasteiger partial charge in [-0.15, -0.1) is 0 Å². The highest BCUT2D eigenvalue weighted by Gasteiger charge is 2.17. The Morgan fingerprint density at radius 2 is 1.62 bits per heavy atom. The molecule has 3 nitrogen and oxygen atoms in total. The average Bonchev–Trinajstić information content (AvgIpc) is 1.94. The number of hydrogen-bond acceptors (Lipinski definition) is 3. The summed E-state index contributed by atoms with van der Waals surface area (Å²) in [6, 6.07) is 0. The third kappa shape index (κ3) is 1.35. The van der Waals surface area contributed by atoms with Crippen LogP contribution in [0.1, 0.15) is 0 Å². The zero-order chi connectivity index (χ0) is 5.82. The highest BCUT2D eigenvalue weighted by Crippen LogP contribution is 2.25. The summed E-state index contributed by atoms with van der Waals surface area (Å²) in [5.74, 6) is 0. The Kier molecular flexibility index (Phi) is 1.65. The van der Waals surface area contributed by atoms with Gasteiger partial charge in [0, 0.05) is 4.57 Å². The minimum atomic E-state index is -1.94. The van der Waals surface area contributed by atoms with Crippen LogP contribution in [0.4, 0.5) is 0 Å². The lowest BCUT2D eigenvalue weighted by molar-refractivity contribution is 0.360. The fraction of sp³-hybridized carbons (Fsp3) is 0. The Labute approximate surface area is 47.6 Å². The summed E-state index contributed by atoms with van der Waals surface area (Å²) in [6.45, 7) is 0. The third-order valence-electron chi connectivity index (χ3n) is 0.562. The second-order valence-electron chi connectivity index (χ2n) is 1.09. The molecule has 0 aromatic heterocycles. The van der Waals surface area contributed by atoms with Crippen LogP contribution in [0, 0.1) is 0 Å². The predicted molar refractivity (Wildman–Crippen MR) is 28.1 cm³/mol. The zero-order valence-electron chi connectivity index (χ0n) is 3.98. The van der Waals surface area contributed by atoms with Gasteiger partial charge in [-0.3, -0.25) is 0 Å². The quantitative estimate of drug-likeness (QED) is 0.469. The first-order valence-corrected chi connectivity index (χ1v) is 3.11. The maximum atomic E-state index is 10.3. The first-order chi connectivity index (χ1) is 3.89. The molecule has 0 bridgehead atoms. The van der Waals surface area contributed by atoms with Gasteiger partial charge in [0.1, 0.15) is 0 Å². The third-order valence-corrected chi connectivity index (χ3v) is 1.15. The predicted octanol–water partition coefficient (Wildman–Crippen LogP) is 1.72. The molecule has 0 aliphatic carbocycles. The summed E-state index contributed by atoms with van der Waals surface area (Å²) in [5.41, 5.74) is 0. The fourth-order valence-corrected chi connectivity index (χ4v) is 0.674. The molecule has 1 aliphatic heterocycles. The SMILES string of the molecule is O=[P+]1OC=CC=CO1. The van der Waals surface area contributed by atoms with E-state index < -0.39 is 8.25 Å². The van der Waals surface area contributed by atoms with Gasteiger partial charge < -0.3 is 0 Å². The van der Waals surface area contributed by atoms with E-state index in [9.17, 15) is 4.57 Å². The van der Waals surface area contributed by atoms with Crippen molar-refractivity contribution in [1.82, 2.24) is 0 Å². The van der Waals surface area contributed by atoms with Crippen molar-refractivity contribution in [2.45, 2.75) is 0 Å². The van der Waals surface area contributed by atoms with Crippen LogP contribution in [0.25, 0.3) is 0 Å². The summed E-state index contributed by atoms with van der Waals surface area (Å²) < 4.78 is 19.2. The molecule has 0 fully saturated rings. The van der Waals surface area contributed by atoms with Crippen molar-refractivity contribution in [3.05, 3.63) is 24.7 Å². The first-order valence-electron chi connectivity index (χ1n) is 2.02. The largest absolute Gasteiger partial charge is 0.804 e. The van der Waals surface area contributed by atoms with Gasteiger partial charge in [0.25, 0.3) is 0 Å². The van der Waals surface area contributed by atoms with Crippen molar-refractivity contribution in [3.63, 3.8) is 0 Å². The monoisotopic (exact) mass is 131 g/mol. The normalized spacial score (nSPS) is 16.8. The number of hydrogen-bond donors (Lipinski definition) is 0. The van der Waals surface area contributed by atoms with Gasteiger partial charge in [-0.05, 0) is 12.2 Å². The van der Waals surface area contributed by atoms with Crippen LogP contribution in [-0.2, 0) is 13.6 Å². The molecule has 0 aromatic carbocycles. The molecule has 8 heavy (non-hydrogen) atoms. The van der Waals surface area contributed by atoms with Gasteiger partial charge in [0.2, 0.25) is 0 Å². The van der Waals surface area contributed by atoms with Crippen LogP contribution >= 0.6 is 8.25 Å². The van der Waals surface area contributed by atoms with Crippen LogP contribution in [0.3, 0.4) is 0 Å². The van der Waals surface area contributed by atoms with Gasteiger partial charge in [0.15, 0.2) is 12.5 Å². The maximum absolute atomic E-state index is 10.3. The molecule has 0 spiro atoms. The van der Waals surface area contributed by atoms with Crippen LogP contribution in [-0.4, -0.2) is 0 Å². The highest BCUT2D eigenvalue weighted by atomic mass is 31.1. The van der Waals surface area contributed by atoms with Gasteiger partial charge in [-0.1, -0.05) is 0 Å². The standard InChI is InChI=1S/C4H4O3P/c5-8-6-3-1-2-4-7-8/h1-4H/q+1. The molecule has 4 heteroatoms. The minimum Gasteiger partial charge on any atom is -0.230 e. The Balaban J connectivity index is 2.58. The summed E-state index contributed by atoms with van der Waals surface area (Å²) in [6.07, 6.45) is 5.84. The Morgan fingerprint density at radius 1 is 1.12 bits per heavy atom. The van der Waals surface area contributed by atoms with Crippen LogP contribution in [0.15, 0.2) is 24.7 Å². The van der Waals surface area contributed by atoms with Gasteiger partial charge in [-0.25, -0.2) is 9.05 Å². The second kappa shape index (κ2) is 2.48. The van der Waals surface area contributed by atoms with Gasteiger partial charge >= 0.3 is 8.25 Å². The molecule has 0 unspecified atom stereocenters. The molecular weight excluding hydrogens is 127 g/mol. The lowest BCUT2D eigenvalue weighted by Gasteiger charge is -1.72. The molecule has 0 atom stereocenters. The van der Waals surface area contributed by atoms with E-state index in [2.05, 4.69) is 9.05 Å². The second-order valence-corrected chi connectivity index (χ2v) is 1.96. The summed E-state index contributed by atoms with van der Waals surface area (Å²) >= 11 is 0. The van der Waals surface area contributed by atoms with Crippen LogP contribution in [0.5, 0.6) is 0 Å². The zero-order valence-corrected chi connectivity index (χ0v) is 4.88. The van der Waals surface area contributed by atoms with E-state index in [0.29, 0.717) is 0 Å². The lowest BCUT2D eigenvalue weighted by atomic mass is 10.6. The molecule has 0 saturated carbocycles. The molecule has 0 N–H and O–H groups in total. The topological polar surface area (TPSA) is 35.5 Å². The maximum Gasteiger partial charge on any atom is 0.804 e. The molecular formula is C4H4O3P+. The Bertz CT molecular complexity index is 133. The molecule has 0 radical (unpaired) electrons. The van der Waals surface area contributed by atoms with Crippen molar-refractivity contribution in [3.8, 4) is 0 Å². The summed E-state index contributed by atoms with van der Waals surface area (Å²) in [7, 11) is -1.94. The summed E-state index contributed by atoms with van der Waals surface area (Å²) in [5, 5.41) is 0. The van der Waals surface area contributed by atoms with Gasteiger partial charge in [-0.2, -0.15) is 0 Å². The molecule has 42 valence electrons. The van der Waals surface area contributed by atoms with E-state index in [1.165, 1.54) is 12.5 Å². The van der Waals surface area contributed by atoms with Crippen molar-refractivity contribution in [2.75, 3.05) is 0 Å². The molecule has 0 saturated heterocycles. The number of allylic oxidation sites excluding steroid dienone is 2. The Hall–Kier alpha value is -0.820. The van der Waals surface area contributed by atoms with Crippen molar-refractivity contribution in [1.29, 1.82) is 0 Å². The van der Waals surface area contributed by atoms with Crippen molar-refractivity contribution in [2.24, 2.45) is 0 Å². The molecule has 0 aromatic rings. The average molecular weight is 131 g/mol. The summed E-state index contributed by atoms with van der Waals surface area (Å²) in [4.78, 5) is 0. The minimum absolute atomic E-state index is 1.32. The van der Waals surface area contributed by atoms with Crippen molar-refractivity contribution >= 4 is 8.25 Å². The Morgan fingerprint density at radius 3 is 2.12 bits per heavy atom. The first kappa shape index (κ1) is 5.32. The molecule has 0 amide bonds. The van der Waals surface area contributed by atoms with Crippen LogP contribution < -0.4 is 0 Å². The van der Waals surface area contributed by atoms with E-state index in [-0.39, 0.29) is 0 Å². The van der Waals surface area contributed by atoms with E-state index in [0.717, 1.165) is 0 Å². The lowest BCUT2D eigenvalue weighted by Crippen LogP contribution is -1.62. The van der Waals surface area contributed by atoms with E-state index in [1.54, 1.807) is 12.2 Å². The highest BCUT2D eigenvalue weighted by molar-refractivity contribution is 7.33. The molecule has 1 heterocycles. The molecule has 1 aliphatic rings. The van der Waals surface area contributed by atoms with E-state index >= 15 is 0 Å². The number of rotatable bonds is 0. The van der Waals surface area contributed by atoms with Crippen molar-refractivity contribution < 1.29 is 13.6 Å². The van der Waals surface area contributed by atoms with Gasteiger partial charge in [0.05, 0.1) is 0 Å². The molecule has 1 rings (SSSR count). The van der Waals surface area contributed by atoms with Crippen LogP contribution in [0.2, 0.25) is 0 Å². The smallest absolute Gasteiger partial charge is 0.230 e. The fourth-order valence-electron chi connectivity index (χ4n) is 0.285.